The minimum absolute atomic E-state index is 1.22. The lowest BCUT2D eigenvalue weighted by Crippen LogP contribution is -2.30. The Balaban J connectivity index is 1.43. The molecule has 2 heteroatoms. The summed E-state index contributed by atoms with van der Waals surface area (Å²) in [6, 6.07) is 9.01. The van der Waals surface area contributed by atoms with Gasteiger partial charge in [-0.05, 0) is 63.4 Å². The number of hydrogen-bond acceptors (Lipinski definition) is 2. The molecule has 0 amide bonds. The minimum atomic E-state index is 1.22. The molecule has 0 radical (unpaired) electrons. The lowest BCUT2D eigenvalue weighted by molar-refractivity contribution is 0.276. The Morgan fingerprint density at radius 3 is 2.22 bits per heavy atom. The first-order chi connectivity index (χ1) is 13.3. The van der Waals surface area contributed by atoms with Gasteiger partial charge >= 0.3 is 0 Å². The van der Waals surface area contributed by atoms with Crippen molar-refractivity contribution in [3.63, 3.8) is 0 Å². The van der Waals surface area contributed by atoms with Crippen molar-refractivity contribution in [1.82, 2.24) is 4.90 Å². The van der Waals surface area contributed by atoms with Gasteiger partial charge in [0.05, 0.1) is 0 Å². The predicted octanol–water partition coefficient (Wildman–Crippen LogP) is 6.68. The molecule has 2 rings (SSSR count). The normalized spacial score (nSPS) is 14.0. The molecule has 0 fully saturated rings. The second-order valence-corrected chi connectivity index (χ2v) is 8.34. The maximum atomic E-state index is 2.63. The van der Waals surface area contributed by atoms with Gasteiger partial charge in [-0.15, -0.1) is 0 Å². The maximum Gasteiger partial charge on any atom is 0.0398 e. The zero-order chi connectivity index (χ0) is 19.2. The molecule has 2 nitrogen and oxygen atoms in total. The molecule has 0 unspecified atom stereocenters. The minimum Gasteiger partial charge on any atom is -0.371 e. The summed E-state index contributed by atoms with van der Waals surface area (Å²) in [5.41, 5.74) is 3.06. The Kier molecular flexibility index (Phi) is 11.6. The molecule has 0 saturated carbocycles. The van der Waals surface area contributed by atoms with Gasteiger partial charge in [-0.3, -0.25) is 0 Å². The van der Waals surface area contributed by atoms with Crippen LogP contribution in [-0.2, 0) is 6.42 Å². The molecular formula is C25H44N2. The highest BCUT2D eigenvalue weighted by molar-refractivity contribution is 5.55. The van der Waals surface area contributed by atoms with E-state index in [0.29, 0.717) is 0 Å². The van der Waals surface area contributed by atoms with Crippen LogP contribution in [0, 0.1) is 0 Å². The van der Waals surface area contributed by atoms with E-state index in [4.69, 9.17) is 0 Å². The third kappa shape index (κ3) is 8.68. The van der Waals surface area contributed by atoms with E-state index >= 15 is 0 Å². The Labute approximate surface area is 169 Å². The molecule has 0 aliphatic carbocycles. The molecule has 0 atom stereocenters. The summed E-state index contributed by atoms with van der Waals surface area (Å²) < 4.78 is 0. The fourth-order valence-electron chi connectivity index (χ4n) is 4.35. The standard InChI is InChI=1S/C25H44N2/c1-3-5-20-26(4-2)21-14-10-8-6-7-9-11-15-22-27-23-16-18-24-17-12-13-19-25(24)27/h12-13,17,19H,3-11,14-16,18,20-23H2,1-2H3. The SMILES string of the molecule is CCCCN(CC)CCCCCCCCCCN1CCCc2ccccc21. The third-order valence-electron chi connectivity index (χ3n) is 6.13. The van der Waals surface area contributed by atoms with Crippen molar-refractivity contribution in [2.75, 3.05) is 37.6 Å². The van der Waals surface area contributed by atoms with Gasteiger partial charge in [0.1, 0.15) is 0 Å². The van der Waals surface area contributed by atoms with Gasteiger partial charge in [-0.2, -0.15) is 0 Å². The smallest absolute Gasteiger partial charge is 0.0398 e. The monoisotopic (exact) mass is 372 g/mol. The number of unbranched alkanes of at least 4 members (excludes halogenated alkanes) is 8. The topological polar surface area (TPSA) is 6.48 Å². The van der Waals surface area contributed by atoms with Gasteiger partial charge in [0.25, 0.3) is 0 Å². The van der Waals surface area contributed by atoms with Gasteiger partial charge in [0.15, 0.2) is 0 Å². The lowest BCUT2D eigenvalue weighted by Gasteiger charge is -2.31. The fourth-order valence-corrected chi connectivity index (χ4v) is 4.35. The zero-order valence-electron chi connectivity index (χ0n) is 18.2. The van der Waals surface area contributed by atoms with Crippen LogP contribution in [0.4, 0.5) is 5.69 Å². The Morgan fingerprint density at radius 2 is 1.48 bits per heavy atom. The number of para-hydroxylation sites is 1. The predicted molar refractivity (Wildman–Crippen MR) is 121 cm³/mol. The molecule has 0 bridgehead atoms. The summed E-state index contributed by atoms with van der Waals surface area (Å²) in [7, 11) is 0. The average molecular weight is 373 g/mol. The van der Waals surface area contributed by atoms with Crippen molar-refractivity contribution in [3.8, 4) is 0 Å². The van der Waals surface area contributed by atoms with E-state index in [-0.39, 0.29) is 0 Å². The van der Waals surface area contributed by atoms with E-state index in [0.717, 1.165) is 0 Å². The molecule has 1 aliphatic heterocycles. The molecule has 1 aromatic rings. The van der Waals surface area contributed by atoms with Crippen molar-refractivity contribution < 1.29 is 0 Å². The molecule has 1 heterocycles. The summed E-state index contributed by atoms with van der Waals surface area (Å²) in [5.74, 6) is 0. The van der Waals surface area contributed by atoms with E-state index in [1.165, 1.54) is 115 Å². The van der Waals surface area contributed by atoms with Crippen LogP contribution in [0.2, 0.25) is 0 Å². The summed E-state index contributed by atoms with van der Waals surface area (Å²) in [6.45, 7) is 10.9. The van der Waals surface area contributed by atoms with Gasteiger partial charge < -0.3 is 9.80 Å². The van der Waals surface area contributed by atoms with E-state index in [2.05, 4.69) is 47.9 Å². The Morgan fingerprint density at radius 1 is 0.815 bits per heavy atom. The summed E-state index contributed by atoms with van der Waals surface area (Å²) in [5, 5.41) is 0. The van der Waals surface area contributed by atoms with E-state index in [1.54, 1.807) is 5.56 Å². The molecule has 1 aliphatic rings. The van der Waals surface area contributed by atoms with Crippen molar-refractivity contribution in [2.24, 2.45) is 0 Å². The number of aryl methyl sites for hydroxylation is 1. The number of nitrogens with zero attached hydrogens (tertiary/aromatic N) is 2. The van der Waals surface area contributed by atoms with Crippen LogP contribution < -0.4 is 4.90 Å². The van der Waals surface area contributed by atoms with Crippen LogP contribution in [0.25, 0.3) is 0 Å². The van der Waals surface area contributed by atoms with Gasteiger partial charge in [0.2, 0.25) is 0 Å². The summed E-state index contributed by atoms with van der Waals surface area (Å²) >= 11 is 0. The first kappa shape index (κ1) is 22.3. The zero-order valence-corrected chi connectivity index (χ0v) is 18.2. The van der Waals surface area contributed by atoms with Crippen molar-refractivity contribution in [2.45, 2.75) is 90.9 Å². The second-order valence-electron chi connectivity index (χ2n) is 8.34. The molecule has 0 saturated heterocycles. The molecular weight excluding hydrogens is 328 g/mol. The van der Waals surface area contributed by atoms with Crippen LogP contribution in [0.1, 0.15) is 90.0 Å². The fraction of sp³-hybridized carbons (Fsp3) is 0.760. The van der Waals surface area contributed by atoms with Gasteiger partial charge in [-0.25, -0.2) is 0 Å². The molecule has 154 valence electrons. The molecule has 1 aromatic carbocycles. The van der Waals surface area contributed by atoms with Crippen LogP contribution in [0.5, 0.6) is 0 Å². The second kappa shape index (κ2) is 14.0. The highest BCUT2D eigenvalue weighted by Crippen LogP contribution is 2.26. The summed E-state index contributed by atoms with van der Waals surface area (Å²) in [4.78, 5) is 5.25. The molecule has 27 heavy (non-hydrogen) atoms. The van der Waals surface area contributed by atoms with Crippen LogP contribution >= 0.6 is 0 Å². The number of rotatable bonds is 15. The van der Waals surface area contributed by atoms with Crippen LogP contribution in [0.3, 0.4) is 0 Å². The quantitative estimate of drug-likeness (QED) is 0.317. The summed E-state index contributed by atoms with van der Waals surface area (Å²) in [6.07, 6.45) is 16.6. The number of benzene rings is 1. The van der Waals surface area contributed by atoms with Crippen LogP contribution in [0.15, 0.2) is 24.3 Å². The molecule has 0 N–H and O–H groups in total. The number of fused-ring (bicyclic) bond motifs is 1. The highest BCUT2D eigenvalue weighted by Gasteiger charge is 2.15. The van der Waals surface area contributed by atoms with Crippen molar-refractivity contribution in [1.29, 1.82) is 0 Å². The van der Waals surface area contributed by atoms with Crippen molar-refractivity contribution in [3.05, 3.63) is 29.8 Å². The van der Waals surface area contributed by atoms with E-state index in [1.807, 2.05) is 0 Å². The lowest BCUT2D eigenvalue weighted by atomic mass is 10.0. The van der Waals surface area contributed by atoms with Crippen molar-refractivity contribution >= 4 is 5.69 Å². The third-order valence-corrected chi connectivity index (χ3v) is 6.13. The first-order valence-corrected chi connectivity index (χ1v) is 11.9. The highest BCUT2D eigenvalue weighted by atomic mass is 15.1. The molecule has 0 spiro atoms. The number of anilines is 1. The van der Waals surface area contributed by atoms with Gasteiger partial charge in [0, 0.05) is 18.8 Å². The number of hydrogen-bond donors (Lipinski definition) is 0. The van der Waals surface area contributed by atoms with E-state index in [9.17, 15) is 0 Å². The van der Waals surface area contributed by atoms with Gasteiger partial charge in [-0.1, -0.05) is 77.0 Å². The first-order valence-electron chi connectivity index (χ1n) is 11.9. The average Bonchev–Trinajstić information content (AvgIpc) is 2.71. The van der Waals surface area contributed by atoms with Crippen LogP contribution in [-0.4, -0.2) is 37.6 Å². The Bertz CT molecular complexity index is 485. The maximum absolute atomic E-state index is 2.63. The Hall–Kier alpha value is -1.02. The largest absolute Gasteiger partial charge is 0.371 e. The molecule has 0 aromatic heterocycles. The van der Waals surface area contributed by atoms with E-state index < -0.39 is 0 Å².